The Morgan fingerprint density at radius 3 is 1.58 bits per heavy atom. The van der Waals surface area contributed by atoms with Crippen LogP contribution < -0.4 is 0 Å². The molecule has 6 heteroatoms. The van der Waals surface area contributed by atoms with Gasteiger partial charge in [-0.15, -0.1) is 0 Å². The summed E-state index contributed by atoms with van der Waals surface area (Å²) in [7, 11) is 0. The van der Waals surface area contributed by atoms with E-state index in [1.54, 1.807) is 0 Å². The molecular formula is C47H29N5S. The fourth-order valence-corrected chi connectivity index (χ4v) is 7.68. The van der Waals surface area contributed by atoms with Gasteiger partial charge < -0.3 is 0 Å². The zero-order chi connectivity index (χ0) is 35.1. The molecule has 0 spiro atoms. The van der Waals surface area contributed by atoms with Gasteiger partial charge in [0.15, 0.2) is 5.82 Å². The van der Waals surface area contributed by atoms with Gasteiger partial charge in [-0.3, -0.25) is 0 Å². The lowest BCUT2D eigenvalue weighted by Gasteiger charge is -2.14. The summed E-state index contributed by atoms with van der Waals surface area (Å²) in [5, 5.41) is 3.22. The van der Waals surface area contributed by atoms with Crippen molar-refractivity contribution in [1.29, 1.82) is 0 Å². The number of aromatic nitrogens is 5. The van der Waals surface area contributed by atoms with Crippen molar-refractivity contribution in [2.75, 3.05) is 0 Å². The Morgan fingerprint density at radius 1 is 0.340 bits per heavy atom. The Kier molecular flexibility index (Phi) is 7.59. The van der Waals surface area contributed by atoms with Crippen molar-refractivity contribution in [3.63, 3.8) is 0 Å². The topological polar surface area (TPSA) is 64.5 Å². The molecule has 10 rings (SSSR count). The molecule has 5 nitrogen and oxygen atoms in total. The number of rotatable bonds is 6. The summed E-state index contributed by atoms with van der Waals surface area (Å²) >= 11 is 1.24. The zero-order valence-corrected chi connectivity index (χ0v) is 29.2. The number of hydrogen-bond donors (Lipinski definition) is 0. The Hall–Kier alpha value is -6.89. The second-order valence-corrected chi connectivity index (χ2v) is 13.6. The third kappa shape index (κ3) is 5.72. The molecule has 0 aliphatic heterocycles. The summed E-state index contributed by atoms with van der Waals surface area (Å²) in [5.74, 6) is 0.677. The molecule has 0 saturated heterocycles. The van der Waals surface area contributed by atoms with Crippen LogP contribution in [0, 0.1) is 0 Å². The van der Waals surface area contributed by atoms with Gasteiger partial charge in [-0.25, -0.2) is 15.0 Å². The van der Waals surface area contributed by atoms with Crippen LogP contribution in [0.3, 0.4) is 0 Å². The molecule has 0 bridgehead atoms. The molecule has 10 aromatic rings. The molecule has 3 heterocycles. The van der Waals surface area contributed by atoms with Crippen molar-refractivity contribution in [3.8, 4) is 67.4 Å². The van der Waals surface area contributed by atoms with E-state index in [1.807, 2.05) is 30.3 Å². The quantitative estimate of drug-likeness (QED) is 0.162. The highest BCUT2D eigenvalue weighted by Gasteiger charge is 2.17. The maximum absolute atomic E-state index is 5.19. The van der Waals surface area contributed by atoms with Gasteiger partial charge in [0.2, 0.25) is 0 Å². The van der Waals surface area contributed by atoms with Gasteiger partial charge in [-0.1, -0.05) is 133 Å². The molecule has 0 aliphatic carbocycles. The lowest BCUT2D eigenvalue weighted by molar-refractivity contribution is 1.18. The lowest BCUT2D eigenvalue weighted by atomic mass is 9.94. The van der Waals surface area contributed by atoms with Crippen LogP contribution in [0.5, 0.6) is 0 Å². The van der Waals surface area contributed by atoms with Crippen molar-refractivity contribution < 1.29 is 0 Å². The molecule has 0 amide bonds. The Bertz CT molecular complexity index is 2870. The molecule has 0 unspecified atom stereocenters. The Labute approximate surface area is 310 Å². The first-order valence-electron chi connectivity index (χ1n) is 17.5. The third-order valence-electron chi connectivity index (χ3n) is 9.74. The van der Waals surface area contributed by atoms with E-state index in [4.69, 9.17) is 15.0 Å². The number of hydrogen-bond acceptors (Lipinski definition) is 6. The molecule has 0 radical (unpaired) electrons. The average molecular weight is 696 g/mol. The average Bonchev–Trinajstić information content (AvgIpc) is 3.73. The zero-order valence-electron chi connectivity index (χ0n) is 28.4. The van der Waals surface area contributed by atoms with Gasteiger partial charge in [-0.2, -0.15) is 8.75 Å². The van der Waals surface area contributed by atoms with E-state index in [0.29, 0.717) is 5.82 Å². The van der Waals surface area contributed by atoms with E-state index in [0.717, 1.165) is 94.3 Å². The van der Waals surface area contributed by atoms with E-state index >= 15 is 0 Å². The van der Waals surface area contributed by atoms with Crippen LogP contribution in [-0.2, 0) is 0 Å². The smallest absolute Gasteiger partial charge is 0.160 e. The van der Waals surface area contributed by atoms with Gasteiger partial charge >= 0.3 is 0 Å². The van der Waals surface area contributed by atoms with Crippen LogP contribution >= 0.6 is 11.7 Å². The predicted octanol–water partition coefficient (Wildman–Crippen LogP) is 12.2. The van der Waals surface area contributed by atoms with E-state index in [-0.39, 0.29) is 0 Å². The van der Waals surface area contributed by atoms with Gasteiger partial charge in [0.05, 0.1) is 34.3 Å². The van der Waals surface area contributed by atoms with Crippen LogP contribution in [0.4, 0.5) is 0 Å². The molecule has 7 aromatic carbocycles. The van der Waals surface area contributed by atoms with Crippen molar-refractivity contribution in [1.82, 2.24) is 23.7 Å². The van der Waals surface area contributed by atoms with Crippen LogP contribution in [0.15, 0.2) is 176 Å². The number of benzene rings is 7. The largest absolute Gasteiger partial charge is 0.247 e. The van der Waals surface area contributed by atoms with Gasteiger partial charge in [-0.05, 0) is 64.7 Å². The Balaban J connectivity index is 1.13. The number of para-hydroxylation sites is 1. The van der Waals surface area contributed by atoms with Crippen LogP contribution in [0.1, 0.15) is 0 Å². The predicted molar refractivity (Wildman–Crippen MR) is 218 cm³/mol. The minimum absolute atomic E-state index is 0.677. The standard InChI is InChI=1S/C47H29N5S/c1-4-12-30(13-5-1)35-26-36(31-14-6-2-7-15-31)28-37(27-35)43-29-42(49-47(50-43)34-16-8-3-9-17-34)32-20-22-33(23-21-32)45-39-24-25-41-46(52-53-51-41)44(39)38-18-10-11-19-40(38)48-45/h1-29H. The summed E-state index contributed by atoms with van der Waals surface area (Å²) in [6, 6.07) is 61.0. The van der Waals surface area contributed by atoms with Gasteiger partial charge in [0.25, 0.3) is 0 Å². The molecule has 248 valence electrons. The Morgan fingerprint density at radius 2 is 0.906 bits per heavy atom. The highest BCUT2D eigenvalue weighted by molar-refractivity contribution is 7.00. The first kappa shape index (κ1) is 30.9. The highest BCUT2D eigenvalue weighted by atomic mass is 32.1. The molecule has 0 atom stereocenters. The van der Waals surface area contributed by atoms with Crippen LogP contribution in [0.2, 0.25) is 0 Å². The van der Waals surface area contributed by atoms with Crippen molar-refractivity contribution in [2.45, 2.75) is 0 Å². The summed E-state index contributed by atoms with van der Waals surface area (Å²) in [6.45, 7) is 0. The van der Waals surface area contributed by atoms with Gasteiger partial charge in [0.1, 0.15) is 11.0 Å². The first-order chi connectivity index (χ1) is 26.2. The number of nitrogens with zero attached hydrogens (tertiary/aromatic N) is 5. The highest BCUT2D eigenvalue weighted by Crippen LogP contribution is 2.38. The fraction of sp³-hybridized carbons (Fsp3) is 0. The summed E-state index contributed by atoms with van der Waals surface area (Å²) < 4.78 is 9.21. The van der Waals surface area contributed by atoms with Crippen molar-refractivity contribution >= 4 is 44.4 Å². The maximum atomic E-state index is 5.19. The van der Waals surface area contributed by atoms with Crippen LogP contribution in [-0.4, -0.2) is 23.7 Å². The van der Waals surface area contributed by atoms with Crippen molar-refractivity contribution in [3.05, 3.63) is 176 Å². The van der Waals surface area contributed by atoms with E-state index < -0.39 is 0 Å². The molecule has 0 saturated carbocycles. The second-order valence-electron chi connectivity index (χ2n) is 13.0. The van der Waals surface area contributed by atoms with E-state index in [2.05, 4.69) is 154 Å². The number of fused-ring (bicyclic) bond motifs is 5. The second kappa shape index (κ2) is 13.0. The SMILES string of the molecule is c1ccc(-c2cc(-c3ccccc3)cc(-c3cc(-c4ccc(-c5nc6ccccc6c6c5ccc5nsnc56)cc4)nc(-c4ccccc4)n3)c2)cc1. The van der Waals surface area contributed by atoms with Gasteiger partial charge in [0, 0.05) is 38.4 Å². The third-order valence-corrected chi connectivity index (χ3v) is 10.3. The molecule has 3 aromatic heterocycles. The summed E-state index contributed by atoms with van der Waals surface area (Å²) in [4.78, 5) is 15.5. The fourth-order valence-electron chi connectivity index (χ4n) is 7.13. The van der Waals surface area contributed by atoms with E-state index in [1.165, 1.54) is 11.7 Å². The molecule has 0 N–H and O–H groups in total. The molecular weight excluding hydrogens is 667 g/mol. The first-order valence-corrected chi connectivity index (χ1v) is 18.2. The van der Waals surface area contributed by atoms with Crippen LogP contribution in [0.25, 0.3) is 100 Å². The monoisotopic (exact) mass is 695 g/mol. The maximum Gasteiger partial charge on any atom is 0.160 e. The van der Waals surface area contributed by atoms with Crippen molar-refractivity contribution in [2.24, 2.45) is 0 Å². The lowest BCUT2D eigenvalue weighted by Crippen LogP contribution is -1.97. The minimum Gasteiger partial charge on any atom is -0.247 e. The number of pyridine rings is 1. The normalized spacial score (nSPS) is 11.4. The minimum atomic E-state index is 0.677. The summed E-state index contributed by atoms with van der Waals surface area (Å²) in [5.41, 5.74) is 13.9. The molecule has 0 aliphatic rings. The molecule has 0 fully saturated rings. The van der Waals surface area contributed by atoms with E-state index in [9.17, 15) is 0 Å². The summed E-state index contributed by atoms with van der Waals surface area (Å²) in [6.07, 6.45) is 0. The molecule has 53 heavy (non-hydrogen) atoms.